The van der Waals surface area contributed by atoms with Crippen molar-refractivity contribution in [2.75, 3.05) is 26.4 Å². The first-order chi connectivity index (χ1) is 23.1. The molecule has 0 aromatic heterocycles. The number of alkyl halides is 3. The number of aliphatic hydroxyl groups is 2. The number of fused-ring (bicyclic) bond motifs is 1. The summed E-state index contributed by atoms with van der Waals surface area (Å²) in [6.45, 7) is 17.4. The van der Waals surface area contributed by atoms with Crippen LogP contribution in [0.25, 0.3) is 0 Å². The van der Waals surface area contributed by atoms with Crippen LogP contribution in [0.5, 0.6) is 0 Å². The van der Waals surface area contributed by atoms with Crippen LogP contribution in [0.15, 0.2) is 60.7 Å². The van der Waals surface area contributed by atoms with Crippen LogP contribution in [0.3, 0.4) is 0 Å². The Labute approximate surface area is 314 Å². The number of amides is 1. The summed E-state index contributed by atoms with van der Waals surface area (Å²) in [4.78, 5) is 12.4. The molecule has 2 saturated heterocycles. The molecule has 1 amide bonds. The number of aliphatic hydroxyl groups excluding tert-OH is 2. The number of hydrogen-bond acceptors (Lipinski definition) is 9. The van der Waals surface area contributed by atoms with Gasteiger partial charge in [-0.2, -0.15) is 0 Å². The number of hydrogen-bond donors (Lipinski definition) is 4. The largest absolute Gasteiger partial charge is 0.445 e. The van der Waals surface area contributed by atoms with Gasteiger partial charge in [-0.05, 0) is 35.7 Å². The second-order valence-corrected chi connectivity index (χ2v) is 27.9. The molecule has 4 rings (SSSR count). The molecule has 5 atom stereocenters. The molecule has 0 spiro atoms. The minimum absolute atomic E-state index is 0.0326. The Morgan fingerprint density at radius 1 is 1.00 bits per heavy atom. The lowest BCUT2D eigenvalue weighted by Gasteiger charge is -2.54. The molecule has 2 fully saturated rings. The van der Waals surface area contributed by atoms with E-state index in [0.29, 0.717) is 19.2 Å². The Balaban J connectivity index is 0.000000284. The van der Waals surface area contributed by atoms with Gasteiger partial charge in [0, 0.05) is 21.2 Å². The van der Waals surface area contributed by atoms with Crippen molar-refractivity contribution in [1.82, 2.24) is 5.32 Å². The third-order valence-corrected chi connectivity index (χ3v) is 15.9. The van der Waals surface area contributed by atoms with Gasteiger partial charge >= 0.3 is 6.09 Å². The van der Waals surface area contributed by atoms with E-state index in [9.17, 15) is 15.0 Å². The van der Waals surface area contributed by atoms with Gasteiger partial charge in [0.05, 0.1) is 6.61 Å². The summed E-state index contributed by atoms with van der Waals surface area (Å²) < 4.78 is 26.8. The van der Waals surface area contributed by atoms with Crippen LogP contribution < -0.4 is 21.4 Å². The third-order valence-electron chi connectivity index (χ3n) is 8.81. The Morgan fingerprint density at radius 2 is 1.54 bits per heavy atom. The number of rotatable bonds is 10. The molecule has 0 bridgehead atoms. The quantitative estimate of drug-likeness (QED) is 0.186. The number of carbonyl (C=O) groups is 1. The lowest BCUT2D eigenvalue weighted by molar-refractivity contribution is -0.377. The van der Waals surface area contributed by atoms with E-state index in [-0.39, 0.29) is 18.1 Å². The second-order valence-electron chi connectivity index (χ2n) is 15.5. The van der Waals surface area contributed by atoms with E-state index in [1.165, 1.54) is 10.4 Å². The Morgan fingerprint density at radius 3 is 2.00 bits per heavy atom. The Kier molecular flexibility index (Phi) is 14.9. The van der Waals surface area contributed by atoms with Crippen LogP contribution in [-0.4, -0.2) is 98.8 Å². The number of benzene rings is 2. The monoisotopic (exact) mass is 792 g/mol. The number of ether oxygens (including phenoxy) is 4. The van der Waals surface area contributed by atoms with E-state index in [1.807, 2.05) is 0 Å². The molecule has 0 saturated carbocycles. The van der Waals surface area contributed by atoms with Gasteiger partial charge in [-0.15, -0.1) is 0 Å². The van der Waals surface area contributed by atoms with Crippen molar-refractivity contribution in [3.63, 3.8) is 0 Å². The summed E-state index contributed by atoms with van der Waals surface area (Å²) in [5, 5.41) is 27.3. The normalized spacial score (nSPS) is 25.5. The van der Waals surface area contributed by atoms with Gasteiger partial charge in [-0.25, -0.2) is 4.79 Å². The molecule has 50 heavy (non-hydrogen) atoms. The molecule has 0 aliphatic carbocycles. The van der Waals surface area contributed by atoms with Crippen LogP contribution >= 0.6 is 34.8 Å². The first-order valence-corrected chi connectivity index (χ1v) is 23.6. The highest BCUT2D eigenvalue weighted by Crippen LogP contribution is 2.40. The van der Waals surface area contributed by atoms with Crippen molar-refractivity contribution in [3.05, 3.63) is 60.7 Å². The Bertz CT molecular complexity index is 1320. The molecule has 0 radical (unpaired) electrons. The maximum Gasteiger partial charge on any atom is 0.407 e. The van der Waals surface area contributed by atoms with Crippen molar-refractivity contribution in [2.45, 2.75) is 111 Å². The SMILES string of the molecule is CC(C)(C)[Si](OCCN)(c1ccccc1)c1ccccc1.CC1(C)OC[C@H]2O[C@H](O)[C@](CC[Si](C)(C)C)(NC(=O)OCC(Cl)(Cl)Cl)[C@@H](O)[C@@H]2O1. The zero-order chi connectivity index (χ0) is 37.6. The zero-order valence-corrected chi connectivity index (χ0v) is 34.6. The Hall–Kier alpha value is -1.27. The van der Waals surface area contributed by atoms with Crippen molar-refractivity contribution in [1.29, 1.82) is 0 Å². The standard InChI is InChI=1S/C18H25NOSi.C17H30Cl3NO7Si/c1-18(2,3)21(20-15-14-19,16-10-6-4-7-11-16)17-12-8-5-9-13-17;1-15(2)26-8-10-11(28-15)12(22)16(13(23)27-10,6-7-29(3,4)5)21-14(24)25-9-17(18,19)20/h4-13H,14-15,19H2,1-3H3;10-13,22-23H,6-9H2,1-5H3,(H,21,24)/t;10-,11-,12+,13+,16-/m.1/s1. The highest BCUT2D eigenvalue weighted by atomic mass is 35.6. The molecule has 5 N–H and O–H groups in total. The molecule has 2 aliphatic heterocycles. The lowest BCUT2D eigenvalue weighted by Crippen LogP contribution is -2.75. The molecule has 2 aromatic carbocycles. The van der Waals surface area contributed by atoms with E-state index in [2.05, 4.69) is 106 Å². The molecule has 15 heteroatoms. The first-order valence-electron chi connectivity index (χ1n) is 16.9. The molecular formula is C35H55Cl3N2O8Si2. The van der Waals surface area contributed by atoms with Crippen LogP contribution in [0.4, 0.5) is 4.79 Å². The topological polar surface area (TPSA) is 142 Å². The molecular weight excluding hydrogens is 739 g/mol. The third kappa shape index (κ3) is 11.1. The van der Waals surface area contributed by atoms with E-state index in [4.69, 9.17) is 63.9 Å². The molecule has 282 valence electrons. The fourth-order valence-corrected chi connectivity index (χ4v) is 12.2. The van der Waals surface area contributed by atoms with Crippen molar-refractivity contribution in [2.24, 2.45) is 5.73 Å². The molecule has 2 aliphatic rings. The molecule has 2 aromatic rings. The van der Waals surface area contributed by atoms with Crippen LogP contribution in [0, 0.1) is 0 Å². The van der Waals surface area contributed by atoms with Crippen molar-refractivity contribution < 1.29 is 38.4 Å². The lowest BCUT2D eigenvalue weighted by atomic mass is 9.80. The minimum Gasteiger partial charge on any atom is -0.445 e. The van der Waals surface area contributed by atoms with Gasteiger partial charge in [0.2, 0.25) is 3.79 Å². The minimum atomic E-state index is -2.35. The smallest absolute Gasteiger partial charge is 0.407 e. The fraction of sp³-hybridized carbons (Fsp3) is 0.629. The van der Waals surface area contributed by atoms with E-state index < -0.39 is 68.8 Å². The van der Waals surface area contributed by atoms with E-state index in [1.54, 1.807) is 13.8 Å². The van der Waals surface area contributed by atoms with Gasteiger partial charge in [0.1, 0.15) is 30.5 Å². The maximum absolute atomic E-state index is 12.4. The van der Waals surface area contributed by atoms with Crippen LogP contribution in [0.2, 0.25) is 30.7 Å². The highest BCUT2D eigenvalue weighted by Gasteiger charge is 2.59. The van der Waals surface area contributed by atoms with Gasteiger partial charge in [-0.1, -0.05) is 142 Å². The predicted molar refractivity (Wildman–Crippen MR) is 205 cm³/mol. The summed E-state index contributed by atoms with van der Waals surface area (Å²) in [5.41, 5.74) is 4.18. The molecule has 0 unspecified atom stereocenters. The highest BCUT2D eigenvalue weighted by molar-refractivity contribution is 6.99. The van der Waals surface area contributed by atoms with Gasteiger partial charge in [0.25, 0.3) is 8.32 Å². The second kappa shape index (κ2) is 17.3. The van der Waals surface area contributed by atoms with Crippen LogP contribution in [-0.2, 0) is 23.4 Å². The van der Waals surface area contributed by atoms with Crippen molar-refractivity contribution in [3.8, 4) is 0 Å². The average molecular weight is 794 g/mol. The van der Waals surface area contributed by atoms with E-state index in [0.717, 1.165) is 0 Å². The number of nitrogens with one attached hydrogen (secondary N) is 1. The van der Waals surface area contributed by atoms with Gasteiger partial charge in [0.15, 0.2) is 12.1 Å². The first kappa shape index (κ1) is 43.1. The predicted octanol–water partition coefficient (Wildman–Crippen LogP) is 5.30. The number of nitrogens with two attached hydrogens (primary N) is 1. The fourth-order valence-electron chi connectivity index (χ4n) is 6.32. The average Bonchev–Trinajstić information content (AvgIpc) is 3.02. The summed E-state index contributed by atoms with van der Waals surface area (Å²) in [7, 11) is -3.97. The van der Waals surface area contributed by atoms with Gasteiger partial charge < -0.3 is 44.6 Å². The number of alkyl carbamates (subject to hydrolysis) is 1. The zero-order valence-electron chi connectivity index (χ0n) is 30.4. The summed E-state index contributed by atoms with van der Waals surface area (Å²) >= 11 is 16.9. The van der Waals surface area contributed by atoms with Gasteiger partial charge in [-0.3, -0.25) is 0 Å². The molecule has 10 nitrogen and oxygen atoms in total. The van der Waals surface area contributed by atoms with Crippen LogP contribution in [0.1, 0.15) is 41.0 Å². The number of carbonyl (C=O) groups excluding carboxylic acids is 1. The number of halogens is 3. The maximum atomic E-state index is 12.4. The molecule has 2 heterocycles. The van der Waals surface area contributed by atoms with Crippen molar-refractivity contribution >= 4 is 67.7 Å². The van der Waals surface area contributed by atoms with E-state index >= 15 is 0 Å². The summed E-state index contributed by atoms with van der Waals surface area (Å²) in [5.74, 6) is -0.950. The summed E-state index contributed by atoms with van der Waals surface area (Å²) in [6, 6.07) is 22.0. The summed E-state index contributed by atoms with van der Waals surface area (Å²) in [6.07, 6.45) is -5.00.